The van der Waals surface area contributed by atoms with Gasteiger partial charge in [0.1, 0.15) is 0 Å². The zero-order chi connectivity index (χ0) is 16.5. The van der Waals surface area contributed by atoms with Gasteiger partial charge in [0.15, 0.2) is 5.54 Å². The van der Waals surface area contributed by atoms with Crippen LogP contribution >= 0.6 is 0 Å². The van der Waals surface area contributed by atoms with Crippen LogP contribution in [0.5, 0.6) is 0 Å². The van der Waals surface area contributed by atoms with Gasteiger partial charge < -0.3 is 0 Å². The topological polar surface area (TPSA) is 3.88 Å². The largest absolute Gasteiger partial charge is 0.215 e. The number of aromatic nitrogens is 1. The average Bonchev–Trinajstić information content (AvgIpc) is 2.83. The van der Waals surface area contributed by atoms with Crippen molar-refractivity contribution in [2.45, 2.75) is 26.3 Å². The van der Waals surface area contributed by atoms with E-state index in [2.05, 4.69) is 92.1 Å². The molecule has 0 unspecified atom stereocenters. The SMILES string of the molecule is Cc1cc2[n+](c3ccccc13)C(C)(C)c1ccc3ccccc3c1-2. The second-order valence-corrected chi connectivity index (χ2v) is 7.33. The van der Waals surface area contributed by atoms with Crippen LogP contribution in [-0.4, -0.2) is 0 Å². The fraction of sp³-hybridized carbons (Fsp3) is 0.174. The summed E-state index contributed by atoms with van der Waals surface area (Å²) in [5, 5.41) is 4.00. The number of para-hydroxylation sites is 1. The van der Waals surface area contributed by atoms with E-state index in [1.807, 2.05) is 0 Å². The van der Waals surface area contributed by atoms with E-state index in [0.717, 1.165) is 0 Å². The average molecular weight is 310 g/mol. The smallest absolute Gasteiger partial charge is 0.182 e. The predicted octanol–water partition coefficient (Wildman–Crippen LogP) is 5.35. The lowest BCUT2D eigenvalue weighted by atomic mass is 9.90. The van der Waals surface area contributed by atoms with Crippen molar-refractivity contribution >= 4 is 21.7 Å². The fourth-order valence-corrected chi connectivity index (χ4v) is 4.44. The van der Waals surface area contributed by atoms with Crippen molar-refractivity contribution in [3.63, 3.8) is 0 Å². The zero-order valence-electron chi connectivity index (χ0n) is 14.3. The van der Waals surface area contributed by atoms with Gasteiger partial charge in [-0.2, -0.15) is 4.57 Å². The van der Waals surface area contributed by atoms with Gasteiger partial charge in [-0.05, 0) is 29.3 Å². The van der Waals surface area contributed by atoms with Crippen molar-refractivity contribution < 1.29 is 4.57 Å². The molecule has 0 saturated carbocycles. The van der Waals surface area contributed by atoms with E-state index < -0.39 is 0 Å². The second-order valence-electron chi connectivity index (χ2n) is 7.33. The third-order valence-electron chi connectivity index (χ3n) is 5.57. The number of pyridine rings is 1. The lowest BCUT2D eigenvalue weighted by Gasteiger charge is -2.17. The zero-order valence-corrected chi connectivity index (χ0v) is 14.3. The van der Waals surface area contributed by atoms with Crippen molar-refractivity contribution in [3.8, 4) is 11.3 Å². The first-order chi connectivity index (χ1) is 11.6. The van der Waals surface area contributed by atoms with Crippen LogP contribution < -0.4 is 4.57 Å². The van der Waals surface area contributed by atoms with Crippen LogP contribution in [0.1, 0.15) is 25.0 Å². The van der Waals surface area contributed by atoms with Gasteiger partial charge in [0.05, 0.1) is 5.56 Å². The Hall–Kier alpha value is -2.67. The van der Waals surface area contributed by atoms with E-state index in [4.69, 9.17) is 0 Å². The van der Waals surface area contributed by atoms with E-state index in [0.29, 0.717) is 0 Å². The first-order valence-electron chi connectivity index (χ1n) is 8.56. The van der Waals surface area contributed by atoms with E-state index in [-0.39, 0.29) is 5.54 Å². The Bertz CT molecular complexity index is 1140. The van der Waals surface area contributed by atoms with Crippen molar-refractivity contribution in [1.29, 1.82) is 0 Å². The minimum absolute atomic E-state index is 0.0536. The highest BCUT2D eigenvalue weighted by Crippen LogP contribution is 2.43. The molecule has 116 valence electrons. The first-order valence-corrected chi connectivity index (χ1v) is 8.56. The Kier molecular flexibility index (Phi) is 2.55. The molecule has 2 heterocycles. The first kappa shape index (κ1) is 13.7. The molecule has 0 radical (unpaired) electrons. The third-order valence-corrected chi connectivity index (χ3v) is 5.57. The van der Waals surface area contributed by atoms with Crippen LogP contribution in [0.15, 0.2) is 66.7 Å². The standard InChI is InChI=1S/C23H20N/c1-15-14-21-22-18-10-5-4-8-16(18)12-13-19(22)23(2,3)24(21)20-11-7-6-9-17(15)20/h4-14H,1-3H3/q+1. The molecule has 5 rings (SSSR count). The van der Waals surface area contributed by atoms with Crippen molar-refractivity contribution in [2.24, 2.45) is 0 Å². The van der Waals surface area contributed by atoms with Crippen molar-refractivity contribution in [3.05, 3.63) is 77.9 Å². The summed E-state index contributed by atoms with van der Waals surface area (Å²) in [6, 6.07) is 24.4. The van der Waals surface area contributed by atoms with E-state index in [1.165, 1.54) is 44.1 Å². The van der Waals surface area contributed by atoms with Crippen molar-refractivity contribution in [1.82, 2.24) is 0 Å². The summed E-state index contributed by atoms with van der Waals surface area (Å²) < 4.78 is 2.52. The minimum Gasteiger partial charge on any atom is -0.182 e. The Morgan fingerprint density at radius 2 is 1.50 bits per heavy atom. The third kappa shape index (κ3) is 1.57. The van der Waals surface area contributed by atoms with Gasteiger partial charge in [0.25, 0.3) is 0 Å². The maximum atomic E-state index is 2.52. The fourth-order valence-electron chi connectivity index (χ4n) is 4.44. The van der Waals surface area contributed by atoms with Crippen LogP contribution in [0.25, 0.3) is 32.9 Å². The van der Waals surface area contributed by atoms with Crippen LogP contribution in [0, 0.1) is 6.92 Å². The normalized spacial score (nSPS) is 14.8. The molecule has 4 aromatic rings. The van der Waals surface area contributed by atoms with Crippen LogP contribution in [0.4, 0.5) is 0 Å². The number of rotatable bonds is 0. The molecule has 0 amide bonds. The number of hydrogen-bond donors (Lipinski definition) is 0. The molecular weight excluding hydrogens is 290 g/mol. The maximum absolute atomic E-state index is 2.52. The Labute approximate surface area is 142 Å². The molecule has 1 aliphatic heterocycles. The highest BCUT2D eigenvalue weighted by Gasteiger charge is 2.45. The summed E-state index contributed by atoms with van der Waals surface area (Å²) >= 11 is 0. The van der Waals surface area contributed by atoms with Gasteiger partial charge in [-0.3, -0.25) is 0 Å². The van der Waals surface area contributed by atoms with Gasteiger partial charge in [0.2, 0.25) is 11.2 Å². The number of hydrogen-bond acceptors (Lipinski definition) is 0. The number of benzene rings is 3. The van der Waals surface area contributed by atoms with E-state index >= 15 is 0 Å². The number of fused-ring (bicyclic) bond motifs is 7. The van der Waals surface area contributed by atoms with Crippen LogP contribution in [0.2, 0.25) is 0 Å². The highest BCUT2D eigenvalue weighted by molar-refractivity contribution is 5.99. The molecule has 3 aromatic carbocycles. The number of nitrogens with zero attached hydrogens (tertiary/aromatic N) is 1. The predicted molar refractivity (Wildman–Crippen MR) is 100 cm³/mol. The summed E-state index contributed by atoms with van der Waals surface area (Å²) in [6.45, 7) is 6.89. The molecule has 1 nitrogen and oxygen atoms in total. The van der Waals surface area contributed by atoms with Crippen LogP contribution in [-0.2, 0) is 5.54 Å². The molecule has 0 spiro atoms. The molecule has 0 atom stereocenters. The lowest BCUT2D eigenvalue weighted by molar-refractivity contribution is -0.707. The summed E-state index contributed by atoms with van der Waals surface area (Å²) in [5.41, 5.74) is 6.75. The molecular formula is C23H20N+. The lowest BCUT2D eigenvalue weighted by Crippen LogP contribution is -2.51. The summed E-state index contributed by atoms with van der Waals surface area (Å²) in [7, 11) is 0. The monoisotopic (exact) mass is 310 g/mol. The Morgan fingerprint density at radius 1 is 0.792 bits per heavy atom. The van der Waals surface area contributed by atoms with Crippen LogP contribution in [0.3, 0.4) is 0 Å². The Balaban J connectivity index is 2.04. The summed E-state index contributed by atoms with van der Waals surface area (Å²) in [4.78, 5) is 0. The molecule has 0 bridgehead atoms. The molecule has 1 heteroatoms. The maximum Gasteiger partial charge on any atom is 0.215 e. The molecule has 0 saturated heterocycles. The summed E-state index contributed by atoms with van der Waals surface area (Å²) in [6.07, 6.45) is 0. The van der Waals surface area contributed by atoms with Gasteiger partial charge in [-0.25, -0.2) is 0 Å². The van der Waals surface area contributed by atoms with E-state index in [9.17, 15) is 0 Å². The molecule has 0 N–H and O–H groups in total. The highest BCUT2D eigenvalue weighted by atomic mass is 15.1. The van der Waals surface area contributed by atoms with Gasteiger partial charge in [-0.1, -0.05) is 48.5 Å². The minimum atomic E-state index is -0.0536. The molecule has 1 aromatic heterocycles. The molecule has 0 aliphatic carbocycles. The second kappa shape index (κ2) is 4.45. The van der Waals surface area contributed by atoms with Crippen molar-refractivity contribution in [2.75, 3.05) is 0 Å². The van der Waals surface area contributed by atoms with Gasteiger partial charge in [-0.15, -0.1) is 0 Å². The summed E-state index contributed by atoms with van der Waals surface area (Å²) in [5.74, 6) is 0. The molecule has 24 heavy (non-hydrogen) atoms. The molecule has 1 aliphatic rings. The molecule has 0 fully saturated rings. The quantitative estimate of drug-likeness (QED) is 0.385. The number of aryl methyl sites for hydroxylation is 1. The van der Waals surface area contributed by atoms with E-state index in [1.54, 1.807) is 0 Å². The Morgan fingerprint density at radius 3 is 2.33 bits per heavy atom. The van der Waals surface area contributed by atoms with Gasteiger partial charge in [0, 0.05) is 36.9 Å². The van der Waals surface area contributed by atoms with Gasteiger partial charge >= 0.3 is 0 Å².